The molecule has 4 nitrogen and oxygen atoms in total. The third kappa shape index (κ3) is 3.85. The maximum Gasteiger partial charge on any atom is 0.249 e. The summed E-state index contributed by atoms with van der Waals surface area (Å²) in [5.74, 6) is 0.242. The maximum absolute atomic E-state index is 12.9. The van der Waals surface area contributed by atoms with E-state index in [1.54, 1.807) is 0 Å². The minimum atomic E-state index is -0.365. The number of ether oxygens (including phenoxy) is 1. The molecular weight excluding hydrogens is 385 g/mol. The van der Waals surface area contributed by atoms with E-state index >= 15 is 0 Å². The zero-order valence-electron chi connectivity index (χ0n) is 14.7. The third-order valence-corrected chi connectivity index (χ3v) is 5.85. The first kappa shape index (κ1) is 18.8. The first-order valence-electron chi connectivity index (χ1n) is 9.13. The van der Waals surface area contributed by atoms with E-state index < -0.39 is 0 Å². The van der Waals surface area contributed by atoms with Crippen LogP contribution in [-0.2, 0) is 9.53 Å². The highest BCUT2D eigenvalue weighted by Crippen LogP contribution is 2.46. The molecule has 6 heteroatoms. The lowest BCUT2D eigenvalue weighted by atomic mass is 9.91. The molecule has 1 heterocycles. The summed E-state index contributed by atoms with van der Waals surface area (Å²) >= 11 is 12.3. The van der Waals surface area contributed by atoms with Crippen molar-refractivity contribution in [1.82, 2.24) is 4.90 Å². The number of rotatable bonds is 5. The Hall–Kier alpha value is -1.59. The zero-order chi connectivity index (χ0) is 19.0. The Morgan fingerprint density at radius 3 is 2.44 bits per heavy atom. The SMILES string of the molecule is O=C1COC(c2cccc(Cl)c2)C(c2ccc(Cl)cc2)N1C(CO)C1CC1. The maximum atomic E-state index is 12.9. The van der Waals surface area contributed by atoms with Gasteiger partial charge in [-0.2, -0.15) is 0 Å². The van der Waals surface area contributed by atoms with Gasteiger partial charge in [-0.1, -0.05) is 47.5 Å². The van der Waals surface area contributed by atoms with Gasteiger partial charge in [0.25, 0.3) is 0 Å². The molecule has 2 aromatic rings. The van der Waals surface area contributed by atoms with Crippen LogP contribution in [0.1, 0.15) is 36.1 Å². The number of morpholine rings is 1. The van der Waals surface area contributed by atoms with Crippen LogP contribution in [0, 0.1) is 5.92 Å². The Bertz CT molecular complexity index is 822. The Balaban J connectivity index is 1.79. The number of halogens is 2. The number of aliphatic hydroxyl groups excluding tert-OH is 1. The van der Waals surface area contributed by atoms with Crippen LogP contribution in [0.2, 0.25) is 10.0 Å². The van der Waals surface area contributed by atoms with E-state index in [1.807, 2.05) is 53.4 Å². The van der Waals surface area contributed by atoms with Gasteiger partial charge in [-0.05, 0) is 54.2 Å². The molecule has 2 aromatic carbocycles. The third-order valence-electron chi connectivity index (χ3n) is 5.36. The second-order valence-corrected chi connectivity index (χ2v) is 8.04. The summed E-state index contributed by atoms with van der Waals surface area (Å²) < 4.78 is 5.99. The summed E-state index contributed by atoms with van der Waals surface area (Å²) in [6, 6.07) is 14.4. The van der Waals surface area contributed by atoms with Gasteiger partial charge in [-0.25, -0.2) is 0 Å². The van der Waals surface area contributed by atoms with Gasteiger partial charge in [0.05, 0.1) is 18.7 Å². The molecule has 1 aliphatic heterocycles. The molecule has 142 valence electrons. The van der Waals surface area contributed by atoms with Crippen LogP contribution in [0.3, 0.4) is 0 Å². The highest BCUT2D eigenvalue weighted by molar-refractivity contribution is 6.30. The zero-order valence-corrected chi connectivity index (χ0v) is 16.2. The Kier molecular flexibility index (Phi) is 5.42. The smallest absolute Gasteiger partial charge is 0.249 e. The van der Waals surface area contributed by atoms with Gasteiger partial charge in [-0.15, -0.1) is 0 Å². The second kappa shape index (κ2) is 7.80. The molecule has 1 saturated heterocycles. The number of hydrogen-bond donors (Lipinski definition) is 1. The average Bonchev–Trinajstić information content (AvgIpc) is 3.49. The normalized spacial score (nSPS) is 24.1. The molecule has 1 N–H and O–H groups in total. The van der Waals surface area contributed by atoms with Gasteiger partial charge in [-0.3, -0.25) is 4.79 Å². The van der Waals surface area contributed by atoms with Crippen LogP contribution >= 0.6 is 23.2 Å². The van der Waals surface area contributed by atoms with Gasteiger partial charge in [0.1, 0.15) is 12.7 Å². The van der Waals surface area contributed by atoms with Crippen molar-refractivity contribution in [3.8, 4) is 0 Å². The summed E-state index contributed by atoms with van der Waals surface area (Å²) in [6.07, 6.45) is 1.70. The van der Waals surface area contributed by atoms with Gasteiger partial charge in [0, 0.05) is 10.0 Å². The molecule has 1 amide bonds. The fourth-order valence-electron chi connectivity index (χ4n) is 3.92. The summed E-state index contributed by atoms with van der Waals surface area (Å²) in [5.41, 5.74) is 1.84. The van der Waals surface area contributed by atoms with E-state index in [0.29, 0.717) is 16.0 Å². The van der Waals surface area contributed by atoms with Crippen LogP contribution in [-0.4, -0.2) is 35.2 Å². The molecule has 1 saturated carbocycles. The summed E-state index contributed by atoms with van der Waals surface area (Å²) in [6.45, 7) is -0.0622. The van der Waals surface area contributed by atoms with Gasteiger partial charge in [0.15, 0.2) is 0 Å². The number of aliphatic hydroxyl groups is 1. The van der Waals surface area contributed by atoms with E-state index in [-0.39, 0.29) is 37.3 Å². The largest absolute Gasteiger partial charge is 0.394 e. The standard InChI is InChI=1S/C21H21Cl2NO3/c22-16-8-6-14(7-9-16)20-21(15-2-1-3-17(23)10-15)27-12-19(26)24(20)18(11-25)13-4-5-13/h1-3,6-10,13,18,20-21,25H,4-5,11-12H2. The summed E-state index contributed by atoms with van der Waals surface area (Å²) in [5, 5.41) is 11.3. The predicted octanol–water partition coefficient (Wildman–Crippen LogP) is 4.41. The lowest BCUT2D eigenvalue weighted by molar-refractivity contribution is -0.165. The number of benzene rings is 2. The predicted molar refractivity (Wildman–Crippen MR) is 105 cm³/mol. The Labute approximate surface area is 168 Å². The van der Waals surface area contributed by atoms with Crippen LogP contribution < -0.4 is 0 Å². The van der Waals surface area contributed by atoms with Crippen molar-refractivity contribution in [2.24, 2.45) is 5.92 Å². The lowest BCUT2D eigenvalue weighted by Crippen LogP contribution is -2.52. The van der Waals surface area contributed by atoms with E-state index in [2.05, 4.69) is 0 Å². The molecule has 3 unspecified atom stereocenters. The molecule has 2 aliphatic rings. The Morgan fingerprint density at radius 1 is 1.07 bits per heavy atom. The minimum Gasteiger partial charge on any atom is -0.394 e. The number of nitrogens with zero attached hydrogens (tertiary/aromatic N) is 1. The van der Waals surface area contributed by atoms with E-state index in [1.165, 1.54) is 0 Å². The summed E-state index contributed by atoms with van der Waals surface area (Å²) in [7, 11) is 0. The van der Waals surface area contributed by atoms with Crippen molar-refractivity contribution in [2.75, 3.05) is 13.2 Å². The highest BCUT2D eigenvalue weighted by Gasteiger charge is 2.46. The first-order chi connectivity index (χ1) is 13.1. The molecule has 2 fully saturated rings. The van der Waals surface area contributed by atoms with Crippen molar-refractivity contribution in [3.63, 3.8) is 0 Å². The number of amides is 1. The molecule has 0 aromatic heterocycles. The van der Waals surface area contributed by atoms with Crippen molar-refractivity contribution >= 4 is 29.1 Å². The second-order valence-electron chi connectivity index (χ2n) is 7.17. The molecule has 27 heavy (non-hydrogen) atoms. The van der Waals surface area contributed by atoms with Crippen LogP contribution in [0.15, 0.2) is 48.5 Å². The number of carbonyl (C=O) groups excluding carboxylic acids is 1. The summed E-state index contributed by atoms with van der Waals surface area (Å²) in [4.78, 5) is 14.7. The molecule has 3 atom stereocenters. The minimum absolute atomic E-state index is 0.00943. The van der Waals surface area contributed by atoms with Crippen molar-refractivity contribution in [1.29, 1.82) is 0 Å². The van der Waals surface area contributed by atoms with Crippen molar-refractivity contribution < 1.29 is 14.6 Å². The first-order valence-corrected chi connectivity index (χ1v) is 9.88. The molecule has 0 bridgehead atoms. The quantitative estimate of drug-likeness (QED) is 0.801. The molecular formula is C21H21Cl2NO3. The Morgan fingerprint density at radius 2 is 1.81 bits per heavy atom. The average molecular weight is 406 g/mol. The molecule has 1 aliphatic carbocycles. The lowest BCUT2D eigenvalue weighted by Gasteiger charge is -2.45. The van der Waals surface area contributed by atoms with E-state index in [9.17, 15) is 9.90 Å². The highest BCUT2D eigenvalue weighted by atomic mass is 35.5. The molecule has 4 rings (SSSR count). The van der Waals surface area contributed by atoms with Crippen molar-refractivity contribution in [2.45, 2.75) is 31.0 Å². The topological polar surface area (TPSA) is 49.8 Å². The van der Waals surface area contributed by atoms with Crippen LogP contribution in [0.25, 0.3) is 0 Å². The number of hydrogen-bond acceptors (Lipinski definition) is 3. The van der Waals surface area contributed by atoms with Crippen LogP contribution in [0.4, 0.5) is 0 Å². The van der Waals surface area contributed by atoms with Gasteiger partial charge >= 0.3 is 0 Å². The number of carbonyl (C=O) groups is 1. The van der Waals surface area contributed by atoms with Gasteiger partial charge in [0.2, 0.25) is 5.91 Å². The monoisotopic (exact) mass is 405 g/mol. The fourth-order valence-corrected chi connectivity index (χ4v) is 4.25. The molecule has 0 spiro atoms. The fraction of sp³-hybridized carbons (Fsp3) is 0.381. The van der Waals surface area contributed by atoms with E-state index in [0.717, 1.165) is 24.0 Å². The van der Waals surface area contributed by atoms with Gasteiger partial charge < -0.3 is 14.7 Å². The molecule has 0 radical (unpaired) electrons. The van der Waals surface area contributed by atoms with Crippen molar-refractivity contribution in [3.05, 3.63) is 69.7 Å². The van der Waals surface area contributed by atoms with E-state index in [4.69, 9.17) is 27.9 Å². The van der Waals surface area contributed by atoms with Crippen LogP contribution in [0.5, 0.6) is 0 Å².